The minimum absolute atomic E-state index is 0.0845. The third-order valence-corrected chi connectivity index (χ3v) is 7.85. The Morgan fingerprint density at radius 2 is 1.93 bits per heavy atom. The number of nitrogens with zero attached hydrogens (tertiary/aromatic N) is 3. The molecule has 10 nitrogen and oxygen atoms in total. The number of thiazole rings is 1. The Kier molecular flexibility index (Phi) is 7.68. The van der Waals surface area contributed by atoms with Crippen LogP contribution in [0, 0.1) is 11.3 Å². The van der Waals surface area contributed by atoms with Gasteiger partial charge in [0.25, 0.3) is 5.56 Å². The van der Waals surface area contributed by atoms with Crippen molar-refractivity contribution in [2.45, 2.75) is 13.0 Å². The topological polar surface area (TPSA) is 121 Å². The van der Waals surface area contributed by atoms with Crippen molar-refractivity contribution in [2.75, 3.05) is 27.1 Å². The average molecular weight is 596 g/mol. The van der Waals surface area contributed by atoms with Crippen molar-refractivity contribution in [1.82, 2.24) is 4.57 Å². The van der Waals surface area contributed by atoms with E-state index in [1.165, 1.54) is 23.0 Å². The molecule has 3 heterocycles. The van der Waals surface area contributed by atoms with Gasteiger partial charge in [0.15, 0.2) is 34.4 Å². The second-order valence-electron chi connectivity index (χ2n) is 9.40. The number of fused-ring (bicyclic) bond motifs is 2. The van der Waals surface area contributed by atoms with E-state index >= 15 is 0 Å². The molecule has 3 aromatic carbocycles. The number of nitriles is 1. The predicted molar refractivity (Wildman–Crippen MR) is 158 cm³/mol. The van der Waals surface area contributed by atoms with E-state index in [0.717, 1.165) is 0 Å². The summed E-state index contributed by atoms with van der Waals surface area (Å²) in [7, 11) is 1.50. The Morgan fingerprint density at radius 3 is 2.70 bits per heavy atom. The van der Waals surface area contributed by atoms with Gasteiger partial charge in [0.1, 0.15) is 6.07 Å². The van der Waals surface area contributed by atoms with Crippen molar-refractivity contribution in [3.05, 3.63) is 109 Å². The van der Waals surface area contributed by atoms with E-state index in [1.807, 2.05) is 42.5 Å². The number of esters is 1. The van der Waals surface area contributed by atoms with Crippen molar-refractivity contribution >= 4 is 29.1 Å². The summed E-state index contributed by atoms with van der Waals surface area (Å²) >= 11 is 1.21. The van der Waals surface area contributed by atoms with Crippen LogP contribution in [0.25, 0.3) is 11.8 Å². The SMILES string of the molecule is CCOC(=O)C1=C(c2ccccc2)N=c2s/c(=C\c3ccc(OCC#N)c(OC)c3)c(=O)n2[C@H]1c1ccc2c(c1)OCO2. The van der Waals surface area contributed by atoms with Crippen molar-refractivity contribution in [3.63, 3.8) is 0 Å². The van der Waals surface area contributed by atoms with Crippen LogP contribution >= 0.6 is 11.3 Å². The summed E-state index contributed by atoms with van der Waals surface area (Å²) in [5.74, 6) is 1.37. The maximum absolute atomic E-state index is 14.1. The maximum Gasteiger partial charge on any atom is 0.338 e. The van der Waals surface area contributed by atoms with Crippen LogP contribution in [0.5, 0.6) is 23.0 Å². The molecule has 0 bridgehead atoms. The third kappa shape index (κ3) is 5.24. The predicted octanol–water partition coefficient (Wildman–Crippen LogP) is 3.58. The summed E-state index contributed by atoms with van der Waals surface area (Å²) in [4.78, 5) is 33.0. The van der Waals surface area contributed by atoms with E-state index in [0.29, 0.717) is 54.7 Å². The number of methoxy groups -OCH3 is 1. The van der Waals surface area contributed by atoms with Crippen LogP contribution in [0.2, 0.25) is 0 Å². The molecule has 0 saturated heterocycles. The zero-order valence-electron chi connectivity index (χ0n) is 23.2. The van der Waals surface area contributed by atoms with Crippen molar-refractivity contribution < 1.29 is 28.5 Å². The lowest BCUT2D eigenvalue weighted by atomic mass is 9.93. The average Bonchev–Trinajstić information content (AvgIpc) is 3.63. The highest BCUT2D eigenvalue weighted by atomic mass is 32.1. The molecule has 4 aromatic rings. The highest BCUT2D eigenvalue weighted by Crippen LogP contribution is 2.40. The van der Waals surface area contributed by atoms with E-state index in [4.69, 9.17) is 33.9 Å². The summed E-state index contributed by atoms with van der Waals surface area (Å²) in [5, 5.41) is 8.86. The summed E-state index contributed by atoms with van der Waals surface area (Å²) in [6.45, 7) is 1.84. The monoisotopic (exact) mass is 595 g/mol. The molecule has 1 aromatic heterocycles. The highest BCUT2D eigenvalue weighted by Gasteiger charge is 2.36. The lowest BCUT2D eigenvalue weighted by molar-refractivity contribution is -0.138. The van der Waals surface area contributed by atoms with Crippen molar-refractivity contribution in [2.24, 2.45) is 4.99 Å². The van der Waals surface area contributed by atoms with E-state index in [2.05, 4.69) is 0 Å². The fraction of sp³-hybridized carbons (Fsp3) is 0.188. The Labute approximate surface area is 249 Å². The molecule has 0 fully saturated rings. The first-order chi connectivity index (χ1) is 21.0. The molecule has 2 aliphatic heterocycles. The number of benzene rings is 3. The zero-order chi connectivity index (χ0) is 29.9. The number of hydrogen-bond acceptors (Lipinski definition) is 10. The molecule has 0 amide bonds. The lowest BCUT2D eigenvalue weighted by Crippen LogP contribution is -2.40. The fourth-order valence-corrected chi connectivity index (χ4v) is 5.99. The molecule has 43 heavy (non-hydrogen) atoms. The van der Waals surface area contributed by atoms with Crippen LogP contribution in [-0.2, 0) is 9.53 Å². The second-order valence-corrected chi connectivity index (χ2v) is 10.4. The van der Waals surface area contributed by atoms with E-state index in [-0.39, 0.29) is 31.1 Å². The third-order valence-electron chi connectivity index (χ3n) is 6.86. The van der Waals surface area contributed by atoms with Gasteiger partial charge in [-0.15, -0.1) is 0 Å². The minimum Gasteiger partial charge on any atom is -0.493 e. The van der Waals surface area contributed by atoms with Gasteiger partial charge in [-0.05, 0) is 48.4 Å². The van der Waals surface area contributed by atoms with Crippen LogP contribution in [-0.4, -0.2) is 37.7 Å². The van der Waals surface area contributed by atoms with E-state index in [9.17, 15) is 9.59 Å². The quantitative estimate of drug-likeness (QED) is 0.284. The molecule has 0 radical (unpaired) electrons. The molecule has 2 aliphatic rings. The normalized spacial score (nSPS) is 15.4. The fourth-order valence-electron chi connectivity index (χ4n) is 4.99. The molecule has 0 spiro atoms. The standard InChI is InChI=1S/C32H25N3O7S/c1-3-39-31(37)27-28(20-7-5-4-6-8-20)34-32-35(29(27)21-10-12-23-25(17-21)42-18-41-23)30(36)26(43-32)16-19-9-11-22(40-14-13-33)24(15-19)38-2/h4-12,15-17,29H,3,14,18H2,1-2H3/b26-16-/t29-/m0/s1. The largest absolute Gasteiger partial charge is 0.493 e. The summed E-state index contributed by atoms with van der Waals surface area (Å²) in [6.07, 6.45) is 1.73. The molecule has 0 N–H and O–H groups in total. The maximum atomic E-state index is 14.1. The number of ether oxygens (including phenoxy) is 5. The molecule has 1 atom stereocenters. The van der Waals surface area contributed by atoms with E-state index < -0.39 is 12.0 Å². The van der Waals surface area contributed by atoms with Gasteiger partial charge in [0.05, 0.1) is 35.6 Å². The smallest absolute Gasteiger partial charge is 0.338 e. The number of rotatable bonds is 8. The van der Waals surface area contributed by atoms with Crippen molar-refractivity contribution in [1.29, 1.82) is 5.26 Å². The first kappa shape index (κ1) is 27.8. The van der Waals surface area contributed by atoms with Crippen LogP contribution in [0.4, 0.5) is 0 Å². The van der Waals surface area contributed by atoms with Gasteiger partial charge < -0.3 is 23.7 Å². The van der Waals surface area contributed by atoms with E-state index in [1.54, 1.807) is 43.3 Å². The van der Waals surface area contributed by atoms with Crippen molar-refractivity contribution in [3.8, 4) is 29.1 Å². The Bertz CT molecular complexity index is 1970. The Balaban J connectivity index is 1.58. The van der Waals surface area contributed by atoms with Gasteiger partial charge in [0.2, 0.25) is 6.79 Å². The van der Waals surface area contributed by atoms with Crippen LogP contribution in [0.15, 0.2) is 82.1 Å². The van der Waals surface area contributed by atoms with Gasteiger partial charge in [0, 0.05) is 5.56 Å². The molecular formula is C32H25N3O7S. The molecule has 0 aliphatic carbocycles. The molecular weight excluding hydrogens is 570 g/mol. The number of carbonyl (C=O) groups excluding carboxylic acids is 1. The number of hydrogen-bond donors (Lipinski definition) is 0. The van der Waals surface area contributed by atoms with Gasteiger partial charge in [-0.2, -0.15) is 5.26 Å². The van der Waals surface area contributed by atoms with Gasteiger partial charge in [-0.1, -0.05) is 53.8 Å². The summed E-state index contributed by atoms with van der Waals surface area (Å²) in [5.41, 5.74) is 2.38. The highest BCUT2D eigenvalue weighted by molar-refractivity contribution is 7.07. The minimum atomic E-state index is -0.849. The van der Waals surface area contributed by atoms with Crippen LogP contribution in [0.1, 0.15) is 29.7 Å². The molecule has 11 heteroatoms. The molecule has 216 valence electrons. The van der Waals surface area contributed by atoms with Crippen LogP contribution in [0.3, 0.4) is 0 Å². The summed E-state index contributed by atoms with van der Waals surface area (Å²) in [6, 6.07) is 21.0. The first-order valence-electron chi connectivity index (χ1n) is 13.4. The first-order valence-corrected chi connectivity index (χ1v) is 14.2. The number of carbonyl (C=O) groups is 1. The van der Waals surface area contributed by atoms with Gasteiger partial charge >= 0.3 is 5.97 Å². The molecule has 6 rings (SSSR count). The lowest BCUT2D eigenvalue weighted by Gasteiger charge is -2.26. The number of aromatic nitrogens is 1. The van der Waals surface area contributed by atoms with Crippen LogP contribution < -0.4 is 33.8 Å². The van der Waals surface area contributed by atoms with Gasteiger partial charge in [-0.3, -0.25) is 9.36 Å². The molecule has 0 saturated carbocycles. The Hall–Kier alpha value is -5.34. The summed E-state index contributed by atoms with van der Waals surface area (Å²) < 4.78 is 29.4. The second kappa shape index (κ2) is 11.9. The molecule has 0 unspecified atom stereocenters. The van der Waals surface area contributed by atoms with Gasteiger partial charge in [-0.25, -0.2) is 9.79 Å². The zero-order valence-corrected chi connectivity index (χ0v) is 24.1. The Morgan fingerprint density at radius 1 is 1.12 bits per heavy atom.